The second-order valence-electron chi connectivity index (χ2n) is 4.32. The number of thioether (sulfide) groups is 1. The predicted molar refractivity (Wildman–Crippen MR) is 72.1 cm³/mol. The summed E-state index contributed by atoms with van der Waals surface area (Å²) < 4.78 is 5.11. The topological polar surface area (TPSA) is 58.6 Å². The van der Waals surface area contributed by atoms with E-state index in [-0.39, 0.29) is 6.04 Å². The number of hydrogen-bond acceptors (Lipinski definition) is 4. The SMILES string of the molecule is COc1ccc(CSC2CNC(C(=O)O)C2)cc1. The van der Waals surface area contributed by atoms with E-state index in [2.05, 4.69) is 5.32 Å². The summed E-state index contributed by atoms with van der Waals surface area (Å²) in [6.07, 6.45) is 0.705. The van der Waals surface area contributed by atoms with Crippen LogP contribution in [-0.4, -0.2) is 36.0 Å². The molecule has 2 unspecified atom stereocenters. The van der Waals surface area contributed by atoms with Gasteiger partial charge >= 0.3 is 5.97 Å². The van der Waals surface area contributed by atoms with Gasteiger partial charge in [-0.05, 0) is 24.1 Å². The molecule has 0 saturated carbocycles. The minimum absolute atomic E-state index is 0.377. The summed E-state index contributed by atoms with van der Waals surface area (Å²) in [4.78, 5) is 10.8. The van der Waals surface area contributed by atoms with Gasteiger partial charge in [-0.1, -0.05) is 12.1 Å². The van der Waals surface area contributed by atoms with Gasteiger partial charge in [0.2, 0.25) is 0 Å². The van der Waals surface area contributed by atoms with Crippen LogP contribution in [0.2, 0.25) is 0 Å². The molecule has 18 heavy (non-hydrogen) atoms. The van der Waals surface area contributed by atoms with Crippen LogP contribution in [0.4, 0.5) is 0 Å². The third kappa shape index (κ3) is 3.40. The lowest BCUT2D eigenvalue weighted by molar-refractivity contribution is -0.139. The fourth-order valence-electron chi connectivity index (χ4n) is 1.95. The number of carboxylic acid groups (broad SMARTS) is 1. The molecule has 0 radical (unpaired) electrons. The van der Waals surface area contributed by atoms with Gasteiger partial charge in [0.1, 0.15) is 11.8 Å². The minimum Gasteiger partial charge on any atom is -0.497 e. The number of nitrogens with one attached hydrogen (secondary N) is 1. The van der Waals surface area contributed by atoms with Gasteiger partial charge < -0.3 is 15.2 Å². The summed E-state index contributed by atoms with van der Waals surface area (Å²) in [6.45, 7) is 0.776. The van der Waals surface area contributed by atoms with Crippen LogP contribution in [0.1, 0.15) is 12.0 Å². The average Bonchev–Trinajstić information content (AvgIpc) is 2.86. The minimum atomic E-state index is -0.748. The van der Waals surface area contributed by atoms with Gasteiger partial charge in [-0.25, -0.2) is 0 Å². The first-order chi connectivity index (χ1) is 8.69. The van der Waals surface area contributed by atoms with Gasteiger partial charge in [0.15, 0.2) is 0 Å². The molecule has 1 aromatic rings. The Morgan fingerprint density at radius 2 is 2.22 bits per heavy atom. The quantitative estimate of drug-likeness (QED) is 0.851. The average molecular weight is 267 g/mol. The molecule has 98 valence electrons. The van der Waals surface area contributed by atoms with Crippen molar-refractivity contribution in [1.82, 2.24) is 5.32 Å². The Labute approximate surface area is 111 Å². The smallest absolute Gasteiger partial charge is 0.320 e. The number of methoxy groups -OCH3 is 1. The molecule has 1 fully saturated rings. The second-order valence-corrected chi connectivity index (χ2v) is 5.60. The molecule has 0 spiro atoms. The maximum atomic E-state index is 10.8. The fraction of sp³-hybridized carbons (Fsp3) is 0.462. The molecular formula is C13H17NO3S. The molecule has 0 aliphatic carbocycles. The first kappa shape index (κ1) is 13.2. The summed E-state index contributed by atoms with van der Waals surface area (Å²) >= 11 is 1.81. The molecule has 0 amide bonds. The third-order valence-corrected chi connectivity index (χ3v) is 4.36. The Morgan fingerprint density at radius 1 is 1.50 bits per heavy atom. The van der Waals surface area contributed by atoms with Crippen molar-refractivity contribution in [2.24, 2.45) is 0 Å². The summed E-state index contributed by atoms with van der Waals surface area (Å²) in [7, 11) is 1.65. The Kier molecular flexibility index (Phi) is 4.49. The highest BCUT2D eigenvalue weighted by Gasteiger charge is 2.29. The van der Waals surface area contributed by atoms with Gasteiger partial charge in [-0.15, -0.1) is 0 Å². The third-order valence-electron chi connectivity index (χ3n) is 3.03. The van der Waals surface area contributed by atoms with Crippen molar-refractivity contribution >= 4 is 17.7 Å². The lowest BCUT2D eigenvalue weighted by Crippen LogP contribution is -2.29. The Bertz CT molecular complexity index is 407. The highest BCUT2D eigenvalue weighted by molar-refractivity contribution is 7.99. The Hall–Kier alpha value is -1.20. The summed E-state index contributed by atoms with van der Waals surface area (Å²) in [6, 6.07) is 7.61. The molecule has 1 heterocycles. The van der Waals surface area contributed by atoms with Crippen LogP contribution in [0.5, 0.6) is 5.75 Å². The zero-order chi connectivity index (χ0) is 13.0. The highest BCUT2D eigenvalue weighted by atomic mass is 32.2. The number of benzene rings is 1. The van der Waals surface area contributed by atoms with Gasteiger partial charge in [0, 0.05) is 17.5 Å². The van der Waals surface area contributed by atoms with Crippen LogP contribution in [0.25, 0.3) is 0 Å². The molecule has 1 aliphatic heterocycles. The standard InChI is InChI=1S/C13H17NO3S/c1-17-10-4-2-9(3-5-10)8-18-11-6-12(13(15)16)14-7-11/h2-5,11-12,14H,6-8H2,1H3,(H,15,16). The summed E-state index contributed by atoms with van der Waals surface area (Å²) in [5.74, 6) is 1.02. The maximum absolute atomic E-state index is 10.8. The Morgan fingerprint density at radius 3 is 2.78 bits per heavy atom. The van der Waals surface area contributed by atoms with Gasteiger partial charge in [-0.2, -0.15) is 11.8 Å². The normalized spacial score (nSPS) is 22.9. The first-order valence-corrected chi connectivity index (χ1v) is 6.94. The molecule has 0 bridgehead atoms. The van der Waals surface area contributed by atoms with Crippen molar-refractivity contribution in [2.45, 2.75) is 23.5 Å². The van der Waals surface area contributed by atoms with E-state index in [4.69, 9.17) is 9.84 Å². The first-order valence-electron chi connectivity index (χ1n) is 5.90. The molecule has 1 saturated heterocycles. The predicted octanol–water partition coefficient (Wildman–Crippen LogP) is 1.74. The molecule has 0 aromatic heterocycles. The van der Waals surface area contributed by atoms with E-state index >= 15 is 0 Å². The van der Waals surface area contributed by atoms with E-state index in [9.17, 15) is 4.79 Å². The van der Waals surface area contributed by atoms with Gasteiger partial charge in [0.25, 0.3) is 0 Å². The van der Waals surface area contributed by atoms with Crippen molar-refractivity contribution < 1.29 is 14.6 Å². The number of carbonyl (C=O) groups is 1. The molecule has 1 aromatic carbocycles. The fourth-order valence-corrected chi connectivity index (χ4v) is 3.12. The number of rotatable bonds is 5. The van der Waals surface area contributed by atoms with E-state index < -0.39 is 5.97 Å². The van der Waals surface area contributed by atoms with Crippen molar-refractivity contribution in [2.75, 3.05) is 13.7 Å². The zero-order valence-corrected chi connectivity index (χ0v) is 11.1. The molecule has 2 atom stereocenters. The number of carboxylic acids is 1. The van der Waals surface area contributed by atoms with E-state index in [0.717, 1.165) is 18.0 Å². The van der Waals surface area contributed by atoms with E-state index in [0.29, 0.717) is 11.7 Å². The lowest BCUT2D eigenvalue weighted by atomic mass is 10.2. The van der Waals surface area contributed by atoms with Crippen LogP contribution in [0.3, 0.4) is 0 Å². The second kappa shape index (κ2) is 6.11. The number of aliphatic carboxylic acids is 1. The number of ether oxygens (including phenoxy) is 1. The van der Waals surface area contributed by atoms with Crippen LogP contribution >= 0.6 is 11.8 Å². The van der Waals surface area contributed by atoms with Crippen LogP contribution in [-0.2, 0) is 10.5 Å². The van der Waals surface area contributed by atoms with Crippen LogP contribution < -0.4 is 10.1 Å². The largest absolute Gasteiger partial charge is 0.497 e. The van der Waals surface area contributed by atoms with E-state index in [1.54, 1.807) is 18.9 Å². The van der Waals surface area contributed by atoms with Crippen molar-refractivity contribution in [3.05, 3.63) is 29.8 Å². The molecule has 5 heteroatoms. The van der Waals surface area contributed by atoms with Crippen molar-refractivity contribution in [3.63, 3.8) is 0 Å². The van der Waals surface area contributed by atoms with E-state index in [1.807, 2.05) is 24.3 Å². The lowest BCUT2D eigenvalue weighted by Gasteiger charge is -2.08. The van der Waals surface area contributed by atoms with Gasteiger partial charge in [0.05, 0.1) is 7.11 Å². The number of hydrogen-bond donors (Lipinski definition) is 2. The zero-order valence-electron chi connectivity index (χ0n) is 10.3. The summed E-state index contributed by atoms with van der Waals surface area (Å²) in [5, 5.41) is 12.3. The molecule has 1 aliphatic rings. The van der Waals surface area contributed by atoms with Gasteiger partial charge in [-0.3, -0.25) is 4.79 Å². The molecule has 2 N–H and O–H groups in total. The van der Waals surface area contributed by atoms with Crippen LogP contribution in [0, 0.1) is 0 Å². The highest BCUT2D eigenvalue weighted by Crippen LogP contribution is 2.25. The maximum Gasteiger partial charge on any atom is 0.320 e. The van der Waals surface area contributed by atoms with E-state index in [1.165, 1.54) is 5.56 Å². The van der Waals surface area contributed by atoms with Crippen molar-refractivity contribution in [3.8, 4) is 5.75 Å². The Balaban J connectivity index is 1.79. The monoisotopic (exact) mass is 267 g/mol. The molecular weight excluding hydrogens is 250 g/mol. The van der Waals surface area contributed by atoms with Crippen LogP contribution in [0.15, 0.2) is 24.3 Å². The van der Waals surface area contributed by atoms with Crippen molar-refractivity contribution in [1.29, 1.82) is 0 Å². The summed E-state index contributed by atoms with van der Waals surface area (Å²) in [5.41, 5.74) is 1.24. The molecule has 2 rings (SSSR count). The molecule has 4 nitrogen and oxygen atoms in total.